The van der Waals surface area contributed by atoms with Gasteiger partial charge in [0.25, 0.3) is 0 Å². The number of hydrogen-bond donors (Lipinski definition) is 2. The number of carbonyl (C=O) groups is 1. The number of benzene rings is 2. The summed E-state index contributed by atoms with van der Waals surface area (Å²) in [5, 5.41) is 3.47. The van der Waals surface area contributed by atoms with Crippen LogP contribution in [0.15, 0.2) is 42.5 Å². The van der Waals surface area contributed by atoms with Crippen molar-refractivity contribution in [2.24, 2.45) is 5.73 Å². The third-order valence-corrected chi connectivity index (χ3v) is 4.29. The summed E-state index contributed by atoms with van der Waals surface area (Å²) in [7, 11) is 0. The van der Waals surface area contributed by atoms with Crippen molar-refractivity contribution in [3.8, 4) is 11.5 Å². The Morgan fingerprint density at radius 2 is 1.83 bits per heavy atom. The lowest BCUT2D eigenvalue weighted by molar-refractivity contribution is 0.100. The Bertz CT molecular complexity index is 739. The topological polar surface area (TPSA) is 73.6 Å². The molecule has 0 unspecified atom stereocenters. The highest BCUT2D eigenvalue weighted by molar-refractivity contribution is 5.92. The lowest BCUT2D eigenvalue weighted by Gasteiger charge is -2.26. The third kappa shape index (κ3) is 3.51. The van der Waals surface area contributed by atoms with Crippen molar-refractivity contribution in [1.29, 1.82) is 0 Å². The van der Waals surface area contributed by atoms with Crippen LogP contribution >= 0.6 is 0 Å². The van der Waals surface area contributed by atoms with Gasteiger partial charge in [0, 0.05) is 24.1 Å². The Hall–Kier alpha value is -2.53. The summed E-state index contributed by atoms with van der Waals surface area (Å²) in [5.74, 6) is 1.21. The molecule has 1 aliphatic rings. The van der Waals surface area contributed by atoms with E-state index in [4.69, 9.17) is 15.2 Å². The molecular weight excluding hydrogens is 304 g/mol. The average molecular weight is 326 g/mol. The quantitative estimate of drug-likeness (QED) is 0.856. The van der Waals surface area contributed by atoms with Crippen LogP contribution in [0.2, 0.25) is 0 Å². The molecule has 0 radical (unpaired) electrons. The molecule has 2 aromatic carbocycles. The van der Waals surface area contributed by atoms with Crippen molar-refractivity contribution in [3.05, 3.63) is 59.2 Å². The molecule has 0 fully saturated rings. The first-order valence-corrected chi connectivity index (χ1v) is 7.95. The molecule has 5 heteroatoms. The molecule has 5 nitrogen and oxygen atoms in total. The predicted molar refractivity (Wildman–Crippen MR) is 92.3 cm³/mol. The number of nitrogens with two attached hydrogens (primary N) is 1. The highest BCUT2D eigenvalue weighted by Gasteiger charge is 2.23. The van der Waals surface area contributed by atoms with Gasteiger partial charge in [0.15, 0.2) is 11.5 Å². The minimum Gasteiger partial charge on any atom is -0.454 e. The van der Waals surface area contributed by atoms with Crippen LogP contribution in [0.3, 0.4) is 0 Å². The van der Waals surface area contributed by atoms with Gasteiger partial charge in [-0.2, -0.15) is 0 Å². The Balaban J connectivity index is 1.59. The van der Waals surface area contributed by atoms with E-state index in [2.05, 4.69) is 25.2 Å². The van der Waals surface area contributed by atoms with Gasteiger partial charge < -0.3 is 20.5 Å². The Morgan fingerprint density at radius 3 is 2.54 bits per heavy atom. The summed E-state index contributed by atoms with van der Waals surface area (Å²) in [6, 6.07) is 13.4. The second kappa shape index (κ2) is 6.53. The van der Waals surface area contributed by atoms with Gasteiger partial charge in [0.05, 0.1) is 0 Å². The van der Waals surface area contributed by atoms with Gasteiger partial charge in [-0.1, -0.05) is 32.0 Å². The molecule has 1 amide bonds. The van der Waals surface area contributed by atoms with Crippen molar-refractivity contribution < 1.29 is 14.3 Å². The molecule has 126 valence electrons. The van der Waals surface area contributed by atoms with Crippen LogP contribution in [0, 0.1) is 0 Å². The summed E-state index contributed by atoms with van der Waals surface area (Å²) < 4.78 is 10.8. The van der Waals surface area contributed by atoms with Gasteiger partial charge in [0.2, 0.25) is 12.7 Å². The molecule has 0 saturated heterocycles. The molecule has 3 N–H and O–H groups in total. The van der Waals surface area contributed by atoms with E-state index in [9.17, 15) is 4.79 Å². The summed E-state index contributed by atoms with van der Waals surface area (Å²) >= 11 is 0. The summed E-state index contributed by atoms with van der Waals surface area (Å²) in [6.07, 6.45) is 0. The minimum absolute atomic E-state index is 0.0475. The van der Waals surface area contributed by atoms with Crippen molar-refractivity contribution in [2.45, 2.75) is 25.8 Å². The maximum Gasteiger partial charge on any atom is 0.248 e. The van der Waals surface area contributed by atoms with Gasteiger partial charge in [-0.15, -0.1) is 0 Å². The molecule has 24 heavy (non-hydrogen) atoms. The van der Waals surface area contributed by atoms with Crippen LogP contribution in [0.1, 0.15) is 35.3 Å². The molecule has 0 aliphatic carbocycles. The molecule has 2 aromatic rings. The number of ether oxygens (including phenoxy) is 2. The Labute approximate surface area is 141 Å². The standard InChI is InChI=1S/C19H22N2O3/c1-19(2,15-7-8-16-17(9-15)24-12-23-16)11-21-10-13-3-5-14(6-4-13)18(20)22/h3-9,21H,10-12H2,1-2H3,(H2,20,22). The van der Waals surface area contributed by atoms with Crippen LogP contribution in [0.4, 0.5) is 0 Å². The summed E-state index contributed by atoms with van der Waals surface area (Å²) in [6.45, 7) is 6.21. The average Bonchev–Trinajstić information content (AvgIpc) is 3.02. The van der Waals surface area contributed by atoms with Gasteiger partial charge in [-0.25, -0.2) is 0 Å². The lowest BCUT2D eigenvalue weighted by atomic mass is 9.84. The Kier molecular flexibility index (Phi) is 4.44. The predicted octanol–water partition coefficient (Wildman–Crippen LogP) is 2.58. The fourth-order valence-electron chi connectivity index (χ4n) is 2.73. The van der Waals surface area contributed by atoms with Crippen LogP contribution in [0.5, 0.6) is 11.5 Å². The van der Waals surface area contributed by atoms with E-state index in [-0.39, 0.29) is 5.41 Å². The van der Waals surface area contributed by atoms with Gasteiger partial charge in [-0.3, -0.25) is 4.79 Å². The number of fused-ring (bicyclic) bond motifs is 1. The summed E-state index contributed by atoms with van der Waals surface area (Å²) in [4.78, 5) is 11.1. The maximum absolute atomic E-state index is 11.1. The zero-order valence-corrected chi connectivity index (χ0v) is 14.0. The van der Waals surface area contributed by atoms with E-state index >= 15 is 0 Å². The van der Waals surface area contributed by atoms with Crippen molar-refractivity contribution in [2.75, 3.05) is 13.3 Å². The fraction of sp³-hybridized carbons (Fsp3) is 0.316. The third-order valence-electron chi connectivity index (χ3n) is 4.29. The number of nitrogens with one attached hydrogen (secondary N) is 1. The largest absolute Gasteiger partial charge is 0.454 e. The zero-order chi connectivity index (χ0) is 17.2. The number of primary amides is 1. The molecular formula is C19H22N2O3. The SMILES string of the molecule is CC(C)(CNCc1ccc(C(N)=O)cc1)c1ccc2c(c1)OCO2. The van der Waals surface area contributed by atoms with Gasteiger partial charge >= 0.3 is 0 Å². The van der Waals surface area contributed by atoms with Gasteiger partial charge in [0.1, 0.15) is 0 Å². The summed E-state index contributed by atoms with van der Waals surface area (Å²) in [5.41, 5.74) is 8.04. The van der Waals surface area contributed by atoms with Crippen molar-refractivity contribution in [3.63, 3.8) is 0 Å². The number of amides is 1. The van der Waals surface area contributed by atoms with Crippen LogP contribution < -0.4 is 20.5 Å². The second-order valence-electron chi connectivity index (χ2n) is 6.62. The number of hydrogen-bond acceptors (Lipinski definition) is 4. The normalized spacial score (nSPS) is 13.1. The van der Waals surface area contributed by atoms with E-state index in [0.29, 0.717) is 12.4 Å². The van der Waals surface area contributed by atoms with E-state index in [1.165, 1.54) is 5.56 Å². The first kappa shape index (κ1) is 16.3. The molecule has 0 spiro atoms. The van der Waals surface area contributed by atoms with Crippen LogP contribution in [-0.4, -0.2) is 19.2 Å². The van der Waals surface area contributed by atoms with E-state index in [1.807, 2.05) is 24.3 Å². The lowest BCUT2D eigenvalue weighted by Crippen LogP contribution is -2.32. The van der Waals surface area contributed by atoms with Crippen molar-refractivity contribution >= 4 is 5.91 Å². The molecule has 0 bridgehead atoms. The number of rotatable bonds is 6. The molecule has 0 saturated carbocycles. The highest BCUT2D eigenvalue weighted by Crippen LogP contribution is 2.36. The zero-order valence-electron chi connectivity index (χ0n) is 14.0. The maximum atomic E-state index is 11.1. The highest BCUT2D eigenvalue weighted by atomic mass is 16.7. The second-order valence-corrected chi connectivity index (χ2v) is 6.62. The molecule has 0 aromatic heterocycles. The molecule has 0 atom stereocenters. The van der Waals surface area contributed by atoms with E-state index < -0.39 is 5.91 Å². The van der Waals surface area contributed by atoms with Crippen LogP contribution in [-0.2, 0) is 12.0 Å². The van der Waals surface area contributed by atoms with E-state index in [1.54, 1.807) is 12.1 Å². The minimum atomic E-state index is -0.404. The first-order valence-electron chi connectivity index (χ1n) is 7.95. The molecule has 3 rings (SSSR count). The fourth-order valence-corrected chi connectivity index (χ4v) is 2.73. The number of carbonyl (C=O) groups excluding carboxylic acids is 1. The molecule has 1 heterocycles. The molecule has 1 aliphatic heterocycles. The monoisotopic (exact) mass is 326 g/mol. The smallest absolute Gasteiger partial charge is 0.248 e. The Morgan fingerprint density at radius 1 is 1.12 bits per heavy atom. The van der Waals surface area contributed by atoms with Crippen molar-refractivity contribution in [1.82, 2.24) is 5.32 Å². The van der Waals surface area contributed by atoms with E-state index in [0.717, 1.165) is 30.2 Å². The first-order chi connectivity index (χ1) is 11.5. The van der Waals surface area contributed by atoms with Gasteiger partial charge in [-0.05, 0) is 35.4 Å². The van der Waals surface area contributed by atoms with Crippen LogP contribution in [0.25, 0.3) is 0 Å².